The van der Waals surface area contributed by atoms with Gasteiger partial charge in [-0.1, -0.05) is 48.9 Å². The summed E-state index contributed by atoms with van der Waals surface area (Å²) in [5.41, 5.74) is 3.44. The second-order valence-electron chi connectivity index (χ2n) is 6.66. The van der Waals surface area contributed by atoms with Gasteiger partial charge in [0.25, 0.3) is 5.56 Å². The zero-order chi connectivity index (χ0) is 17.6. The molecule has 0 unspecified atom stereocenters. The van der Waals surface area contributed by atoms with Crippen LogP contribution in [0.3, 0.4) is 0 Å². The summed E-state index contributed by atoms with van der Waals surface area (Å²) < 4.78 is 1.85. The molecule has 0 spiro atoms. The molecule has 5 nitrogen and oxygen atoms in total. The first-order valence-corrected chi connectivity index (χ1v) is 8.48. The lowest BCUT2D eigenvalue weighted by atomic mass is 10.0. The van der Waals surface area contributed by atoms with E-state index < -0.39 is 5.66 Å². The Kier molecular flexibility index (Phi) is 3.46. The summed E-state index contributed by atoms with van der Waals surface area (Å²) in [6.07, 6.45) is 0.805. The maximum absolute atomic E-state index is 12.7. The van der Waals surface area contributed by atoms with Gasteiger partial charge in [0.1, 0.15) is 5.66 Å². The molecule has 25 heavy (non-hydrogen) atoms. The number of benzene rings is 2. The molecule has 126 valence electrons. The average Bonchev–Trinajstić information content (AvgIpc) is 2.62. The van der Waals surface area contributed by atoms with Crippen molar-refractivity contribution >= 4 is 5.69 Å². The standard InChI is InChI=1S/C20H20N4O/c1-4-20(3)22-16-8-6-5-7-15(16)18-21-19(25)17(23-24(18)20)14-11-9-13(2)10-12-14/h5-12,22H,4H2,1-3H3/t20-/m1/s1. The molecular formula is C20H20N4O. The summed E-state index contributed by atoms with van der Waals surface area (Å²) in [5.74, 6) is 0.611. The molecule has 1 N–H and O–H groups in total. The molecule has 0 saturated heterocycles. The molecule has 0 saturated carbocycles. The summed E-state index contributed by atoms with van der Waals surface area (Å²) in [6.45, 7) is 6.19. The van der Waals surface area contributed by atoms with E-state index in [2.05, 4.69) is 24.1 Å². The Hall–Kier alpha value is -2.95. The van der Waals surface area contributed by atoms with Crippen molar-refractivity contribution in [1.82, 2.24) is 14.8 Å². The Morgan fingerprint density at radius 2 is 1.84 bits per heavy atom. The first-order chi connectivity index (χ1) is 12.0. The molecule has 0 amide bonds. The first kappa shape index (κ1) is 15.6. The highest BCUT2D eigenvalue weighted by Crippen LogP contribution is 2.37. The van der Waals surface area contributed by atoms with Crippen molar-refractivity contribution < 1.29 is 0 Å². The average molecular weight is 332 g/mol. The smallest absolute Gasteiger partial charge is 0.300 e. The number of anilines is 1. The number of nitrogens with one attached hydrogen (secondary N) is 1. The van der Waals surface area contributed by atoms with Crippen LogP contribution in [0.2, 0.25) is 0 Å². The molecule has 0 bridgehead atoms. The van der Waals surface area contributed by atoms with Crippen molar-refractivity contribution in [3.8, 4) is 22.6 Å². The molecule has 2 heterocycles. The summed E-state index contributed by atoms with van der Waals surface area (Å²) in [7, 11) is 0. The van der Waals surface area contributed by atoms with E-state index in [0.717, 1.165) is 28.8 Å². The molecule has 1 atom stereocenters. The van der Waals surface area contributed by atoms with Gasteiger partial charge in [-0.25, -0.2) is 4.68 Å². The van der Waals surface area contributed by atoms with Crippen molar-refractivity contribution in [2.24, 2.45) is 0 Å². The molecule has 2 aromatic carbocycles. The molecule has 4 rings (SSSR count). The van der Waals surface area contributed by atoms with Gasteiger partial charge in [0, 0.05) is 16.8 Å². The minimum Gasteiger partial charge on any atom is -0.361 e. The zero-order valence-corrected chi connectivity index (χ0v) is 14.6. The minimum absolute atomic E-state index is 0.301. The van der Waals surface area contributed by atoms with Crippen LogP contribution in [0.4, 0.5) is 5.69 Å². The number of para-hydroxylation sites is 1. The van der Waals surface area contributed by atoms with Gasteiger partial charge >= 0.3 is 0 Å². The van der Waals surface area contributed by atoms with E-state index >= 15 is 0 Å². The third-order valence-electron chi connectivity index (χ3n) is 4.86. The lowest BCUT2D eigenvalue weighted by molar-refractivity contribution is 0.312. The lowest BCUT2D eigenvalue weighted by Gasteiger charge is -2.38. The minimum atomic E-state index is -0.441. The van der Waals surface area contributed by atoms with Crippen LogP contribution in [0.25, 0.3) is 22.6 Å². The van der Waals surface area contributed by atoms with Crippen molar-refractivity contribution in [3.63, 3.8) is 0 Å². The van der Waals surface area contributed by atoms with Crippen LogP contribution in [0.5, 0.6) is 0 Å². The van der Waals surface area contributed by atoms with Crippen LogP contribution in [0, 0.1) is 6.92 Å². The number of nitrogens with zero attached hydrogens (tertiary/aromatic N) is 3. The number of aromatic nitrogens is 3. The molecule has 3 aromatic rings. The van der Waals surface area contributed by atoms with E-state index in [1.807, 2.05) is 60.1 Å². The van der Waals surface area contributed by atoms with Gasteiger partial charge in [0.15, 0.2) is 11.5 Å². The number of hydrogen-bond acceptors (Lipinski definition) is 4. The Bertz CT molecular complexity index is 1010. The second kappa shape index (κ2) is 5.55. The van der Waals surface area contributed by atoms with Crippen LogP contribution >= 0.6 is 0 Å². The fourth-order valence-corrected chi connectivity index (χ4v) is 3.17. The third-order valence-corrected chi connectivity index (χ3v) is 4.86. The van der Waals surface area contributed by atoms with Gasteiger partial charge in [-0.15, -0.1) is 0 Å². The van der Waals surface area contributed by atoms with Gasteiger partial charge in [0.2, 0.25) is 0 Å². The summed E-state index contributed by atoms with van der Waals surface area (Å²) in [5, 5.41) is 8.26. The summed E-state index contributed by atoms with van der Waals surface area (Å²) in [6, 6.07) is 15.7. The van der Waals surface area contributed by atoms with Crippen LogP contribution < -0.4 is 10.9 Å². The van der Waals surface area contributed by atoms with Gasteiger partial charge in [-0.05, 0) is 32.4 Å². The first-order valence-electron chi connectivity index (χ1n) is 8.48. The van der Waals surface area contributed by atoms with Crippen LogP contribution in [-0.4, -0.2) is 14.8 Å². The van der Waals surface area contributed by atoms with E-state index in [1.165, 1.54) is 0 Å². The van der Waals surface area contributed by atoms with Gasteiger partial charge in [-0.2, -0.15) is 10.1 Å². The maximum Gasteiger partial charge on any atom is 0.300 e. The predicted octanol–water partition coefficient (Wildman–Crippen LogP) is 3.79. The molecule has 5 heteroatoms. The maximum atomic E-state index is 12.7. The molecule has 1 aliphatic rings. The van der Waals surface area contributed by atoms with Crippen LogP contribution in [0.15, 0.2) is 53.3 Å². The molecule has 0 aliphatic carbocycles. The van der Waals surface area contributed by atoms with Crippen molar-refractivity contribution in [2.45, 2.75) is 32.9 Å². The van der Waals surface area contributed by atoms with Gasteiger partial charge in [-0.3, -0.25) is 4.79 Å². The number of aryl methyl sites for hydroxylation is 1. The topological polar surface area (TPSA) is 59.8 Å². The van der Waals surface area contributed by atoms with Gasteiger partial charge < -0.3 is 5.32 Å². The Labute approximate surface area is 146 Å². The molecule has 0 fully saturated rings. The predicted molar refractivity (Wildman–Crippen MR) is 99.5 cm³/mol. The van der Waals surface area contributed by atoms with E-state index in [-0.39, 0.29) is 5.56 Å². The van der Waals surface area contributed by atoms with E-state index in [4.69, 9.17) is 5.10 Å². The molecule has 1 aromatic heterocycles. The number of rotatable bonds is 2. The van der Waals surface area contributed by atoms with Crippen molar-refractivity contribution in [3.05, 3.63) is 64.4 Å². The van der Waals surface area contributed by atoms with Crippen molar-refractivity contribution in [1.29, 1.82) is 0 Å². The summed E-state index contributed by atoms with van der Waals surface area (Å²) in [4.78, 5) is 17.1. The SMILES string of the molecule is CC[C@]1(C)Nc2ccccc2-c2nc(=O)c(-c3ccc(C)cc3)nn21. The highest BCUT2D eigenvalue weighted by Gasteiger charge is 2.34. The largest absolute Gasteiger partial charge is 0.361 e. The summed E-state index contributed by atoms with van der Waals surface area (Å²) >= 11 is 0. The van der Waals surface area contributed by atoms with Gasteiger partial charge in [0.05, 0.1) is 0 Å². The van der Waals surface area contributed by atoms with E-state index in [9.17, 15) is 4.79 Å². The highest BCUT2D eigenvalue weighted by molar-refractivity contribution is 5.76. The van der Waals surface area contributed by atoms with Crippen molar-refractivity contribution in [2.75, 3.05) is 5.32 Å². The Balaban J connectivity index is 1.99. The second-order valence-corrected chi connectivity index (χ2v) is 6.66. The molecule has 1 aliphatic heterocycles. The fraction of sp³-hybridized carbons (Fsp3) is 0.250. The third kappa shape index (κ3) is 2.43. The van der Waals surface area contributed by atoms with E-state index in [0.29, 0.717) is 11.5 Å². The zero-order valence-electron chi connectivity index (χ0n) is 14.6. The molecule has 0 radical (unpaired) electrons. The quantitative estimate of drug-likeness (QED) is 0.776. The van der Waals surface area contributed by atoms with E-state index in [1.54, 1.807) is 0 Å². The normalized spacial score (nSPS) is 18.2. The Morgan fingerprint density at radius 1 is 1.12 bits per heavy atom. The van der Waals surface area contributed by atoms with Crippen LogP contribution in [0.1, 0.15) is 25.8 Å². The lowest BCUT2D eigenvalue weighted by Crippen LogP contribution is -2.44. The number of hydrogen-bond donors (Lipinski definition) is 1. The molecular weight excluding hydrogens is 312 g/mol. The fourth-order valence-electron chi connectivity index (χ4n) is 3.17. The van der Waals surface area contributed by atoms with Crippen LogP contribution in [-0.2, 0) is 5.66 Å². The highest BCUT2D eigenvalue weighted by atomic mass is 16.1. The monoisotopic (exact) mass is 332 g/mol. The number of fused-ring (bicyclic) bond motifs is 3. The Morgan fingerprint density at radius 3 is 2.56 bits per heavy atom.